The molecule has 0 spiro atoms. The van der Waals surface area contributed by atoms with Crippen LogP contribution in [0.2, 0.25) is 0 Å². The van der Waals surface area contributed by atoms with Gasteiger partial charge in [-0.3, -0.25) is 9.78 Å². The largest absolute Gasteiger partial charge is 0.339 e. The molecular weight excluding hydrogens is 593 g/mol. The van der Waals surface area contributed by atoms with E-state index in [9.17, 15) is 13.2 Å². The Balaban J connectivity index is 1.30. The summed E-state index contributed by atoms with van der Waals surface area (Å²) in [5.41, 5.74) is 7.83. The Hall–Kier alpha value is -5.60. The predicted octanol–water partition coefficient (Wildman–Crippen LogP) is 7.62. The number of aromatic nitrogens is 3. The Bertz CT molecular complexity index is 2290. The van der Waals surface area contributed by atoms with Gasteiger partial charge in [0.2, 0.25) is 5.91 Å². The molecule has 0 saturated carbocycles. The van der Waals surface area contributed by atoms with E-state index < -0.39 is 9.84 Å². The summed E-state index contributed by atoms with van der Waals surface area (Å²) < 4.78 is 26.5. The maximum absolute atomic E-state index is 13.2. The molecule has 4 aromatic carbocycles. The first kappa shape index (κ1) is 29.1. The summed E-state index contributed by atoms with van der Waals surface area (Å²) in [6.45, 7) is 0. The van der Waals surface area contributed by atoms with Crippen molar-refractivity contribution in [1.29, 1.82) is 0 Å². The van der Waals surface area contributed by atoms with E-state index in [-0.39, 0.29) is 18.1 Å². The number of amides is 1. The monoisotopic (exact) mass is 622 g/mol. The Morgan fingerprint density at radius 1 is 0.783 bits per heavy atom. The third-order valence-corrected chi connectivity index (χ3v) is 9.93. The third-order valence-electron chi connectivity index (χ3n) is 8.22. The number of nitrogens with zero attached hydrogens (tertiary/aromatic N) is 3. The van der Waals surface area contributed by atoms with Crippen LogP contribution in [0.1, 0.15) is 11.1 Å². The van der Waals surface area contributed by atoms with E-state index in [0.717, 1.165) is 55.4 Å². The van der Waals surface area contributed by atoms with E-state index >= 15 is 0 Å². The lowest BCUT2D eigenvalue weighted by atomic mass is 9.92. The second-order valence-corrected chi connectivity index (χ2v) is 13.2. The van der Waals surface area contributed by atoms with E-state index in [1.54, 1.807) is 48.6 Å². The molecule has 0 fully saturated rings. The molecule has 0 unspecified atom stereocenters. The summed E-state index contributed by atoms with van der Waals surface area (Å²) >= 11 is 0. The van der Waals surface area contributed by atoms with Gasteiger partial charge in [-0.25, -0.2) is 13.4 Å². The Morgan fingerprint density at radius 2 is 1.52 bits per heavy atom. The van der Waals surface area contributed by atoms with E-state index in [2.05, 4.69) is 22.1 Å². The van der Waals surface area contributed by atoms with Crippen LogP contribution < -0.4 is 4.90 Å². The lowest BCUT2D eigenvalue weighted by molar-refractivity contribution is -0.117. The summed E-state index contributed by atoms with van der Waals surface area (Å²) in [5, 5.41) is 1.83. The zero-order valence-electron chi connectivity index (χ0n) is 25.1. The second-order valence-electron chi connectivity index (χ2n) is 11.3. The summed E-state index contributed by atoms with van der Waals surface area (Å²) in [6.07, 6.45) is 5.53. The van der Waals surface area contributed by atoms with Gasteiger partial charge in [-0.2, -0.15) is 0 Å². The van der Waals surface area contributed by atoms with Crippen LogP contribution in [-0.4, -0.2) is 36.3 Å². The van der Waals surface area contributed by atoms with Crippen LogP contribution in [0.3, 0.4) is 0 Å². The second kappa shape index (κ2) is 12.1. The molecule has 0 saturated heterocycles. The molecular formula is C38H30N4O3S. The number of hydrogen-bond acceptors (Lipinski definition) is 5. The summed E-state index contributed by atoms with van der Waals surface area (Å²) in [7, 11) is -1.75. The van der Waals surface area contributed by atoms with Crippen LogP contribution in [0.5, 0.6) is 0 Å². The average Bonchev–Trinajstić information content (AvgIpc) is 3.46. The fourth-order valence-electron chi connectivity index (χ4n) is 5.85. The number of aromatic amines is 1. The number of nitrogens with one attached hydrogen (secondary N) is 1. The minimum Gasteiger partial charge on any atom is -0.339 e. The van der Waals surface area contributed by atoms with Crippen LogP contribution in [0.25, 0.3) is 44.2 Å². The molecule has 1 N–H and O–H groups in total. The van der Waals surface area contributed by atoms with Crippen LogP contribution >= 0.6 is 0 Å². The molecule has 7 aromatic rings. The molecule has 7 nitrogen and oxygen atoms in total. The maximum Gasteiger partial charge on any atom is 0.231 e. The van der Waals surface area contributed by atoms with E-state index in [4.69, 9.17) is 4.98 Å². The lowest BCUT2D eigenvalue weighted by Gasteiger charge is -2.18. The molecule has 0 bridgehead atoms. The van der Waals surface area contributed by atoms with Crippen molar-refractivity contribution in [3.63, 3.8) is 0 Å². The van der Waals surface area contributed by atoms with Crippen molar-refractivity contribution in [2.75, 3.05) is 11.9 Å². The van der Waals surface area contributed by atoms with Gasteiger partial charge in [0, 0.05) is 58.7 Å². The van der Waals surface area contributed by atoms with Crippen molar-refractivity contribution in [2.45, 2.75) is 17.1 Å². The van der Waals surface area contributed by atoms with Gasteiger partial charge in [0.1, 0.15) is 5.65 Å². The summed E-state index contributed by atoms with van der Waals surface area (Å²) in [5.74, 6) is -0.139. The molecule has 0 aliphatic carbocycles. The highest BCUT2D eigenvalue weighted by Crippen LogP contribution is 2.41. The average molecular weight is 623 g/mol. The molecule has 7 rings (SSSR count). The fraction of sp³-hybridized carbons (Fsp3) is 0.0789. The Morgan fingerprint density at radius 3 is 2.24 bits per heavy atom. The summed E-state index contributed by atoms with van der Waals surface area (Å²) in [6, 6.07) is 36.0. The standard InChI is InChI=1S/C38H30N4O3S/c1-42(35(43)22-26-9-8-20-39-23-26)30-17-15-28(16-18-30)33-24-40-38-37(36(33)29-10-4-2-5-11-29)32-21-27(14-19-34(32)41-38)25-46(44,45)31-12-6-3-7-13-31/h2-21,23-24H,22,25H2,1H3,(H,40,41). The molecule has 0 radical (unpaired) electrons. The van der Waals surface area contributed by atoms with Crippen LogP contribution in [0.4, 0.5) is 5.69 Å². The molecule has 1 amide bonds. The number of hydrogen-bond donors (Lipinski definition) is 1. The first-order chi connectivity index (χ1) is 22.4. The number of rotatable bonds is 8. The van der Waals surface area contributed by atoms with Gasteiger partial charge in [-0.05, 0) is 64.7 Å². The number of carbonyl (C=O) groups excluding carboxylic acids is 1. The number of H-pyrrole nitrogens is 1. The molecule has 3 heterocycles. The molecule has 3 aromatic heterocycles. The normalized spacial score (nSPS) is 11.6. The van der Waals surface area contributed by atoms with Gasteiger partial charge in [0.25, 0.3) is 0 Å². The van der Waals surface area contributed by atoms with E-state index in [1.807, 2.05) is 85.1 Å². The predicted molar refractivity (Wildman–Crippen MR) is 183 cm³/mol. The van der Waals surface area contributed by atoms with Crippen molar-refractivity contribution in [3.05, 3.63) is 145 Å². The highest BCUT2D eigenvalue weighted by Gasteiger charge is 2.20. The summed E-state index contributed by atoms with van der Waals surface area (Å²) in [4.78, 5) is 27.3. The van der Waals surface area contributed by atoms with Crippen LogP contribution in [-0.2, 0) is 26.8 Å². The number of fused-ring (bicyclic) bond motifs is 3. The van der Waals surface area contributed by atoms with Crippen molar-refractivity contribution >= 4 is 43.4 Å². The molecule has 226 valence electrons. The lowest BCUT2D eigenvalue weighted by Crippen LogP contribution is -2.27. The number of sulfone groups is 1. The van der Waals surface area contributed by atoms with E-state index in [0.29, 0.717) is 10.5 Å². The van der Waals surface area contributed by atoms with Gasteiger partial charge in [-0.15, -0.1) is 0 Å². The fourth-order valence-corrected chi connectivity index (χ4v) is 7.21. The minimum absolute atomic E-state index is 0.0299. The van der Waals surface area contributed by atoms with Crippen LogP contribution in [0, 0.1) is 0 Å². The third kappa shape index (κ3) is 5.66. The maximum atomic E-state index is 13.2. The highest BCUT2D eigenvalue weighted by atomic mass is 32.2. The quantitative estimate of drug-likeness (QED) is 0.188. The Labute approximate surface area is 267 Å². The molecule has 0 atom stereocenters. The van der Waals surface area contributed by atoms with Gasteiger partial charge in [0.15, 0.2) is 9.84 Å². The topological polar surface area (TPSA) is 96.0 Å². The molecule has 0 aliphatic heterocycles. The van der Waals surface area contributed by atoms with Gasteiger partial charge >= 0.3 is 0 Å². The van der Waals surface area contributed by atoms with Crippen molar-refractivity contribution in [3.8, 4) is 22.3 Å². The highest BCUT2D eigenvalue weighted by molar-refractivity contribution is 7.90. The molecule has 0 aliphatic rings. The number of pyridine rings is 2. The van der Waals surface area contributed by atoms with Crippen molar-refractivity contribution < 1.29 is 13.2 Å². The van der Waals surface area contributed by atoms with E-state index in [1.165, 1.54) is 0 Å². The van der Waals surface area contributed by atoms with Crippen LogP contribution in [0.15, 0.2) is 139 Å². The number of benzene rings is 4. The minimum atomic E-state index is -3.52. The zero-order valence-corrected chi connectivity index (χ0v) is 25.9. The van der Waals surface area contributed by atoms with Gasteiger partial charge in [0.05, 0.1) is 17.1 Å². The first-order valence-electron chi connectivity index (χ1n) is 14.9. The zero-order chi connectivity index (χ0) is 31.7. The molecule has 8 heteroatoms. The first-order valence-corrected chi connectivity index (χ1v) is 16.5. The number of anilines is 1. The number of likely N-dealkylation sites (N-methyl/N-ethyl adjacent to an activating group) is 1. The molecule has 46 heavy (non-hydrogen) atoms. The SMILES string of the molecule is CN(C(=O)Cc1cccnc1)c1ccc(-c2cnc3[nH]c4ccc(CS(=O)(=O)c5ccccc5)cc4c3c2-c2ccccc2)cc1. The Kier molecular flexibility index (Phi) is 7.64. The number of carbonyl (C=O) groups is 1. The van der Waals surface area contributed by atoms with Crippen molar-refractivity contribution in [1.82, 2.24) is 15.0 Å². The smallest absolute Gasteiger partial charge is 0.231 e. The van der Waals surface area contributed by atoms with Crippen molar-refractivity contribution in [2.24, 2.45) is 0 Å². The van der Waals surface area contributed by atoms with Gasteiger partial charge in [-0.1, -0.05) is 72.8 Å². The van der Waals surface area contributed by atoms with Gasteiger partial charge < -0.3 is 9.88 Å².